The van der Waals surface area contributed by atoms with Crippen LogP contribution in [0.15, 0.2) is 30.5 Å². The third-order valence-corrected chi connectivity index (χ3v) is 7.08. The Morgan fingerprint density at radius 3 is 2.57 bits per heavy atom. The number of aromatic nitrogens is 2. The lowest BCUT2D eigenvalue weighted by Gasteiger charge is -2.33. The van der Waals surface area contributed by atoms with E-state index in [9.17, 15) is 18.0 Å². The maximum absolute atomic E-state index is 15.3. The molecule has 2 aliphatic heterocycles. The maximum atomic E-state index is 15.3. The average molecular weight is 521 g/mol. The quantitative estimate of drug-likeness (QED) is 0.471. The molecule has 0 bridgehead atoms. The van der Waals surface area contributed by atoms with Crippen molar-refractivity contribution < 1.29 is 31.8 Å². The van der Waals surface area contributed by atoms with Crippen LogP contribution in [0.5, 0.6) is 5.75 Å². The first-order valence-electron chi connectivity index (χ1n) is 12.4. The van der Waals surface area contributed by atoms with Crippen LogP contribution >= 0.6 is 0 Å². The van der Waals surface area contributed by atoms with E-state index >= 15 is 4.39 Å². The van der Waals surface area contributed by atoms with Crippen molar-refractivity contribution in [2.24, 2.45) is 0 Å². The zero-order valence-electron chi connectivity index (χ0n) is 20.3. The number of aromatic amines is 1. The Bertz CT molecular complexity index is 1260. The molecule has 198 valence electrons. The number of carbonyl (C=O) groups excluding carboxylic acids is 1. The summed E-state index contributed by atoms with van der Waals surface area (Å²) >= 11 is 0. The first kappa shape index (κ1) is 25.5. The average Bonchev–Trinajstić information content (AvgIpc) is 3.27. The number of alkyl halides is 3. The van der Waals surface area contributed by atoms with Gasteiger partial charge >= 0.3 is 6.36 Å². The summed E-state index contributed by atoms with van der Waals surface area (Å²) in [4.78, 5) is 22.3. The highest BCUT2D eigenvalue weighted by Gasteiger charge is 2.32. The van der Waals surface area contributed by atoms with Gasteiger partial charge in [0.1, 0.15) is 23.3 Å². The number of morpholine rings is 1. The van der Waals surface area contributed by atoms with E-state index < -0.39 is 6.36 Å². The molecule has 0 saturated carbocycles. The van der Waals surface area contributed by atoms with Crippen LogP contribution in [0.3, 0.4) is 0 Å². The molecule has 1 atom stereocenters. The molecule has 0 spiro atoms. The Balaban J connectivity index is 1.34. The van der Waals surface area contributed by atoms with E-state index in [0.29, 0.717) is 56.7 Å². The van der Waals surface area contributed by atoms with Crippen LogP contribution in [0.2, 0.25) is 0 Å². The van der Waals surface area contributed by atoms with Crippen LogP contribution in [-0.4, -0.2) is 59.9 Å². The number of hydrogen-bond acceptors (Lipinski definition) is 5. The van der Waals surface area contributed by atoms with Crippen molar-refractivity contribution in [3.05, 3.63) is 58.7 Å². The Labute approximate surface area is 211 Å². The number of pyridine rings is 1. The van der Waals surface area contributed by atoms with Crippen molar-refractivity contribution in [2.45, 2.75) is 44.6 Å². The normalized spacial score (nSPS) is 19.4. The van der Waals surface area contributed by atoms with Gasteiger partial charge in [0.05, 0.1) is 18.5 Å². The summed E-state index contributed by atoms with van der Waals surface area (Å²) in [5.41, 5.74) is 3.46. The lowest BCUT2D eigenvalue weighted by atomic mass is 9.86. The van der Waals surface area contributed by atoms with Crippen molar-refractivity contribution in [3.8, 4) is 5.75 Å². The molecule has 3 aromatic rings. The molecule has 2 fully saturated rings. The van der Waals surface area contributed by atoms with Crippen LogP contribution in [0, 0.1) is 5.82 Å². The number of carbonyl (C=O) groups is 1. The first-order valence-corrected chi connectivity index (χ1v) is 12.4. The largest absolute Gasteiger partial charge is 0.573 e. The highest BCUT2D eigenvalue weighted by atomic mass is 19.4. The molecular weight excluding hydrogens is 492 g/mol. The van der Waals surface area contributed by atoms with Crippen molar-refractivity contribution in [3.63, 3.8) is 0 Å². The van der Waals surface area contributed by atoms with Crippen molar-refractivity contribution in [2.75, 3.05) is 32.8 Å². The Morgan fingerprint density at radius 2 is 1.95 bits per heavy atom. The molecule has 0 radical (unpaired) electrons. The second-order valence-corrected chi connectivity index (χ2v) is 9.32. The highest BCUT2D eigenvalue weighted by Crippen LogP contribution is 2.39. The molecule has 5 rings (SSSR count). The van der Waals surface area contributed by atoms with Crippen LogP contribution < -0.4 is 10.1 Å². The summed E-state index contributed by atoms with van der Waals surface area (Å²) in [5, 5.41) is 4.13. The van der Waals surface area contributed by atoms with Gasteiger partial charge in [-0.15, -0.1) is 13.2 Å². The number of nitrogens with zero attached hydrogens (tertiary/aromatic N) is 2. The van der Waals surface area contributed by atoms with E-state index in [4.69, 9.17) is 4.74 Å². The number of H-pyrrole nitrogens is 1. The molecular formula is C26H28F4N4O3. The standard InChI is InChI=1S/C26H28F4N4O3/c1-2-18-22-21(19(27)13-32-24(22)33-23(18)20-14-31-9-12-36-20)15-7-10-34(11-8-15)25(35)16-3-5-17(6-4-16)37-26(28,29)30/h3-6,13,15,20,31H,2,7-12,14H2,1H3,(H,32,33)/t20-/m0/s1. The van der Waals surface area contributed by atoms with Gasteiger partial charge in [-0.1, -0.05) is 6.92 Å². The summed E-state index contributed by atoms with van der Waals surface area (Å²) in [7, 11) is 0. The van der Waals surface area contributed by atoms with Gasteiger partial charge in [0.15, 0.2) is 0 Å². The molecule has 2 aromatic heterocycles. The number of ether oxygens (including phenoxy) is 2. The van der Waals surface area contributed by atoms with E-state index in [-0.39, 0.29) is 35.1 Å². The smallest absolute Gasteiger partial charge is 0.406 e. The number of hydrogen-bond donors (Lipinski definition) is 2. The third kappa shape index (κ3) is 5.28. The zero-order chi connectivity index (χ0) is 26.2. The second kappa shape index (κ2) is 10.3. The monoisotopic (exact) mass is 520 g/mol. The minimum atomic E-state index is -4.79. The third-order valence-electron chi connectivity index (χ3n) is 7.08. The van der Waals surface area contributed by atoms with E-state index in [1.807, 2.05) is 6.92 Å². The number of aryl methyl sites for hydroxylation is 1. The lowest BCUT2D eigenvalue weighted by Crippen LogP contribution is -2.38. The number of nitrogens with one attached hydrogen (secondary N) is 2. The van der Waals surface area contributed by atoms with Gasteiger partial charge in [-0.2, -0.15) is 0 Å². The number of benzene rings is 1. The van der Waals surface area contributed by atoms with E-state index in [2.05, 4.69) is 20.0 Å². The number of piperidine rings is 1. The van der Waals surface area contributed by atoms with Crippen LogP contribution in [0.1, 0.15) is 59.0 Å². The van der Waals surface area contributed by atoms with Gasteiger partial charge in [-0.05, 0) is 55.0 Å². The van der Waals surface area contributed by atoms with E-state index in [1.54, 1.807) is 4.90 Å². The van der Waals surface area contributed by atoms with Gasteiger partial charge in [0.25, 0.3) is 5.91 Å². The summed E-state index contributed by atoms with van der Waals surface area (Å²) in [6.45, 7) is 4.90. The number of likely N-dealkylation sites (tertiary alicyclic amines) is 1. The molecule has 7 nitrogen and oxygen atoms in total. The molecule has 2 saturated heterocycles. The molecule has 1 aromatic carbocycles. The van der Waals surface area contributed by atoms with Gasteiger partial charge in [-0.25, -0.2) is 9.37 Å². The van der Waals surface area contributed by atoms with Crippen molar-refractivity contribution in [1.29, 1.82) is 0 Å². The fraction of sp³-hybridized carbons (Fsp3) is 0.462. The summed E-state index contributed by atoms with van der Waals surface area (Å²) in [6, 6.07) is 4.88. The number of rotatable bonds is 5. The molecule has 0 aliphatic carbocycles. The van der Waals surface area contributed by atoms with Crippen LogP contribution in [0.25, 0.3) is 11.0 Å². The Morgan fingerprint density at radius 1 is 1.22 bits per heavy atom. The topological polar surface area (TPSA) is 79.5 Å². The number of halogens is 4. The fourth-order valence-corrected chi connectivity index (χ4v) is 5.39. The molecule has 37 heavy (non-hydrogen) atoms. The fourth-order valence-electron chi connectivity index (χ4n) is 5.39. The molecule has 11 heteroatoms. The van der Waals surface area contributed by atoms with Gasteiger partial charge in [0, 0.05) is 42.7 Å². The number of fused-ring (bicyclic) bond motifs is 1. The molecule has 1 amide bonds. The van der Waals surface area contributed by atoms with E-state index in [1.165, 1.54) is 18.3 Å². The van der Waals surface area contributed by atoms with Crippen molar-refractivity contribution in [1.82, 2.24) is 20.2 Å². The minimum Gasteiger partial charge on any atom is -0.406 e. The second-order valence-electron chi connectivity index (χ2n) is 9.32. The predicted molar refractivity (Wildman–Crippen MR) is 128 cm³/mol. The van der Waals surface area contributed by atoms with Crippen LogP contribution in [0.4, 0.5) is 17.6 Å². The molecule has 2 aliphatic rings. The maximum Gasteiger partial charge on any atom is 0.573 e. The summed E-state index contributed by atoms with van der Waals surface area (Å²) in [5.74, 6) is -1.12. The van der Waals surface area contributed by atoms with Gasteiger partial charge in [0.2, 0.25) is 0 Å². The predicted octanol–water partition coefficient (Wildman–Crippen LogP) is 4.84. The molecule has 0 unspecified atom stereocenters. The van der Waals surface area contributed by atoms with Crippen molar-refractivity contribution >= 4 is 16.9 Å². The molecule has 4 heterocycles. The highest BCUT2D eigenvalue weighted by molar-refractivity contribution is 5.94. The lowest BCUT2D eigenvalue weighted by molar-refractivity contribution is -0.274. The summed E-state index contributed by atoms with van der Waals surface area (Å²) in [6.07, 6.45) is -1.89. The Kier molecular flexibility index (Phi) is 7.09. The first-order chi connectivity index (χ1) is 17.7. The minimum absolute atomic E-state index is 0.100. The number of amides is 1. The molecule has 2 N–H and O–H groups in total. The van der Waals surface area contributed by atoms with Crippen LogP contribution in [-0.2, 0) is 11.2 Å². The SMILES string of the molecule is CCc1c([C@@H]2CNCCO2)[nH]c2ncc(F)c(C3CCN(C(=O)c4ccc(OC(F)(F)F)cc4)CC3)c12. The summed E-state index contributed by atoms with van der Waals surface area (Å²) < 4.78 is 62.3. The Hall–Kier alpha value is -3.18. The van der Waals surface area contributed by atoms with E-state index in [0.717, 1.165) is 35.3 Å². The van der Waals surface area contributed by atoms with Gasteiger partial charge < -0.3 is 24.7 Å². The zero-order valence-corrected chi connectivity index (χ0v) is 20.3. The van der Waals surface area contributed by atoms with Gasteiger partial charge in [-0.3, -0.25) is 4.79 Å².